The van der Waals surface area contributed by atoms with Crippen LogP contribution in [0.4, 0.5) is 5.69 Å². The number of aromatic nitrogens is 1. The van der Waals surface area contributed by atoms with Crippen LogP contribution in [-0.2, 0) is 11.3 Å². The van der Waals surface area contributed by atoms with Crippen LogP contribution in [0.3, 0.4) is 0 Å². The highest BCUT2D eigenvalue weighted by molar-refractivity contribution is 6.06. The second-order valence-corrected chi connectivity index (χ2v) is 6.19. The molecule has 3 rings (SSSR count). The van der Waals surface area contributed by atoms with Crippen molar-refractivity contribution in [2.45, 2.75) is 6.54 Å². The number of hydrogen-bond acceptors (Lipinski definition) is 5. The maximum atomic E-state index is 12.6. The zero-order valence-electron chi connectivity index (χ0n) is 16.3. The van der Waals surface area contributed by atoms with E-state index in [4.69, 9.17) is 9.47 Å². The number of hydrogen-bond donors (Lipinski definition) is 2. The molecule has 150 valence electrons. The molecule has 3 aromatic rings. The number of fused-ring (bicyclic) bond motifs is 1. The molecule has 1 heterocycles. The number of carbonyl (C=O) groups is 2. The summed E-state index contributed by atoms with van der Waals surface area (Å²) in [6, 6.07) is 13.2. The molecule has 0 aliphatic rings. The molecule has 0 radical (unpaired) electrons. The van der Waals surface area contributed by atoms with Gasteiger partial charge < -0.3 is 20.1 Å². The zero-order chi connectivity index (χ0) is 21.0. The molecule has 0 aliphatic carbocycles. The van der Waals surface area contributed by atoms with E-state index in [2.05, 4.69) is 10.6 Å². The van der Waals surface area contributed by atoms with Gasteiger partial charge in [0.1, 0.15) is 18.0 Å². The van der Waals surface area contributed by atoms with Gasteiger partial charge >= 0.3 is 0 Å². The number of anilines is 1. The second kappa shape index (κ2) is 8.47. The summed E-state index contributed by atoms with van der Waals surface area (Å²) in [5.41, 5.74) is 0.772. The van der Waals surface area contributed by atoms with Crippen molar-refractivity contribution in [3.05, 3.63) is 64.4 Å². The van der Waals surface area contributed by atoms with E-state index >= 15 is 0 Å². The first-order valence-corrected chi connectivity index (χ1v) is 8.85. The van der Waals surface area contributed by atoms with Gasteiger partial charge in [-0.3, -0.25) is 19.0 Å². The van der Waals surface area contributed by atoms with Gasteiger partial charge in [0.2, 0.25) is 5.91 Å². The Balaban J connectivity index is 1.95. The summed E-state index contributed by atoms with van der Waals surface area (Å²) < 4.78 is 11.8. The van der Waals surface area contributed by atoms with Gasteiger partial charge in [0, 0.05) is 24.6 Å². The molecule has 2 amide bonds. The predicted molar refractivity (Wildman–Crippen MR) is 110 cm³/mol. The van der Waals surface area contributed by atoms with Crippen LogP contribution in [0.15, 0.2) is 53.3 Å². The fraction of sp³-hybridized carbons (Fsp3) is 0.190. The van der Waals surface area contributed by atoms with Crippen LogP contribution in [0, 0.1) is 0 Å². The predicted octanol–water partition coefficient (Wildman–Crippen LogP) is 2.02. The van der Waals surface area contributed by atoms with E-state index in [1.165, 1.54) is 31.9 Å². The van der Waals surface area contributed by atoms with Gasteiger partial charge in [-0.2, -0.15) is 0 Å². The third-order valence-electron chi connectivity index (χ3n) is 4.48. The molecule has 0 atom stereocenters. The second-order valence-electron chi connectivity index (χ2n) is 6.19. The van der Waals surface area contributed by atoms with Crippen LogP contribution in [0.1, 0.15) is 10.4 Å². The van der Waals surface area contributed by atoms with Crippen molar-refractivity contribution >= 4 is 28.4 Å². The van der Waals surface area contributed by atoms with Gasteiger partial charge in [0.15, 0.2) is 0 Å². The summed E-state index contributed by atoms with van der Waals surface area (Å²) in [5.74, 6) is 0.253. The SMILES string of the molecule is CNC(=O)c1cc(=O)n(CC(=O)Nc2ccc(OC)cc2OC)c2ccccc12. The molecule has 0 bridgehead atoms. The largest absolute Gasteiger partial charge is 0.497 e. The number of nitrogens with zero attached hydrogens (tertiary/aromatic N) is 1. The molecule has 2 aromatic carbocycles. The fourth-order valence-electron chi connectivity index (χ4n) is 3.06. The van der Waals surface area contributed by atoms with E-state index in [1.807, 2.05) is 0 Å². The number of ether oxygens (including phenoxy) is 2. The lowest BCUT2D eigenvalue weighted by molar-refractivity contribution is -0.116. The van der Waals surface area contributed by atoms with Crippen LogP contribution in [-0.4, -0.2) is 37.6 Å². The van der Waals surface area contributed by atoms with Gasteiger partial charge in [0.05, 0.1) is 31.0 Å². The van der Waals surface area contributed by atoms with E-state index in [1.54, 1.807) is 42.5 Å². The third kappa shape index (κ3) is 4.06. The van der Waals surface area contributed by atoms with Crippen LogP contribution in [0.5, 0.6) is 11.5 Å². The Hall–Kier alpha value is -3.81. The molecular formula is C21H21N3O5. The lowest BCUT2D eigenvalue weighted by Gasteiger charge is -2.14. The Morgan fingerprint density at radius 1 is 1.03 bits per heavy atom. The lowest BCUT2D eigenvalue weighted by atomic mass is 10.1. The maximum absolute atomic E-state index is 12.6. The van der Waals surface area contributed by atoms with E-state index in [0.29, 0.717) is 28.1 Å². The first-order valence-electron chi connectivity index (χ1n) is 8.85. The molecule has 29 heavy (non-hydrogen) atoms. The van der Waals surface area contributed by atoms with Crippen molar-refractivity contribution in [2.24, 2.45) is 0 Å². The molecule has 1 aromatic heterocycles. The monoisotopic (exact) mass is 395 g/mol. The van der Waals surface area contributed by atoms with Crippen molar-refractivity contribution in [1.82, 2.24) is 9.88 Å². The highest BCUT2D eigenvalue weighted by Gasteiger charge is 2.16. The number of benzene rings is 2. The molecule has 0 aliphatic heterocycles. The van der Waals surface area contributed by atoms with Gasteiger partial charge in [-0.1, -0.05) is 18.2 Å². The summed E-state index contributed by atoms with van der Waals surface area (Å²) in [5, 5.41) is 5.85. The highest BCUT2D eigenvalue weighted by Crippen LogP contribution is 2.29. The Bertz CT molecular complexity index is 1140. The van der Waals surface area contributed by atoms with E-state index in [0.717, 1.165) is 0 Å². The average Bonchev–Trinajstić information content (AvgIpc) is 2.75. The number of amides is 2. The van der Waals surface area contributed by atoms with Crippen molar-refractivity contribution in [2.75, 3.05) is 26.6 Å². The molecule has 0 fully saturated rings. The van der Waals surface area contributed by atoms with E-state index in [-0.39, 0.29) is 18.0 Å². The van der Waals surface area contributed by atoms with Crippen LogP contribution < -0.4 is 25.7 Å². The van der Waals surface area contributed by atoms with Crippen LogP contribution in [0.2, 0.25) is 0 Å². The summed E-state index contributed by atoms with van der Waals surface area (Å²) in [4.78, 5) is 37.4. The molecule has 0 saturated heterocycles. The van der Waals surface area contributed by atoms with Gasteiger partial charge in [-0.25, -0.2) is 0 Å². The molecule has 0 saturated carbocycles. The molecular weight excluding hydrogens is 374 g/mol. The minimum atomic E-state index is -0.445. The molecule has 0 spiro atoms. The Morgan fingerprint density at radius 2 is 1.79 bits per heavy atom. The molecule has 8 heteroatoms. The summed E-state index contributed by atoms with van der Waals surface area (Å²) in [6.07, 6.45) is 0. The Labute approximate surface area is 167 Å². The number of rotatable bonds is 6. The normalized spacial score (nSPS) is 10.4. The van der Waals surface area contributed by atoms with Gasteiger partial charge in [0.25, 0.3) is 11.5 Å². The quantitative estimate of drug-likeness (QED) is 0.665. The van der Waals surface area contributed by atoms with Gasteiger partial charge in [-0.15, -0.1) is 0 Å². The van der Waals surface area contributed by atoms with Crippen molar-refractivity contribution in [1.29, 1.82) is 0 Å². The van der Waals surface area contributed by atoms with Crippen molar-refractivity contribution in [3.63, 3.8) is 0 Å². The summed E-state index contributed by atoms with van der Waals surface area (Å²) in [6.45, 7) is -0.220. The standard InChI is InChI=1S/C21H21N3O5/c1-22-21(27)15-11-20(26)24(17-7-5-4-6-14(15)17)12-19(25)23-16-9-8-13(28-2)10-18(16)29-3/h4-11H,12H2,1-3H3,(H,22,27)(H,23,25). The zero-order valence-corrected chi connectivity index (χ0v) is 16.3. The van der Waals surface area contributed by atoms with Crippen molar-refractivity contribution < 1.29 is 19.1 Å². The fourth-order valence-corrected chi connectivity index (χ4v) is 3.06. The third-order valence-corrected chi connectivity index (χ3v) is 4.48. The first-order chi connectivity index (χ1) is 14.0. The molecule has 8 nitrogen and oxygen atoms in total. The highest BCUT2D eigenvalue weighted by atomic mass is 16.5. The minimum Gasteiger partial charge on any atom is -0.497 e. The lowest BCUT2D eigenvalue weighted by Crippen LogP contribution is -2.30. The van der Waals surface area contributed by atoms with Crippen molar-refractivity contribution in [3.8, 4) is 11.5 Å². The Morgan fingerprint density at radius 3 is 2.48 bits per heavy atom. The number of pyridine rings is 1. The smallest absolute Gasteiger partial charge is 0.252 e. The number of methoxy groups -OCH3 is 2. The summed E-state index contributed by atoms with van der Waals surface area (Å²) in [7, 11) is 4.52. The van der Waals surface area contributed by atoms with Crippen LogP contribution in [0.25, 0.3) is 10.9 Å². The van der Waals surface area contributed by atoms with E-state index < -0.39 is 11.5 Å². The van der Waals surface area contributed by atoms with E-state index in [9.17, 15) is 14.4 Å². The topological polar surface area (TPSA) is 98.7 Å². The molecule has 0 unspecified atom stereocenters. The maximum Gasteiger partial charge on any atom is 0.252 e. The average molecular weight is 395 g/mol. The summed E-state index contributed by atoms with van der Waals surface area (Å²) >= 11 is 0. The Kier molecular flexibility index (Phi) is 5.82. The minimum absolute atomic E-state index is 0.220. The number of nitrogens with one attached hydrogen (secondary N) is 2. The van der Waals surface area contributed by atoms with Gasteiger partial charge in [-0.05, 0) is 18.2 Å². The first kappa shape index (κ1) is 19.9. The molecule has 2 N–H and O–H groups in total. The number of para-hydroxylation sites is 1. The van der Waals surface area contributed by atoms with Crippen LogP contribution >= 0.6 is 0 Å². The number of carbonyl (C=O) groups excluding carboxylic acids is 2.